The van der Waals surface area contributed by atoms with E-state index in [2.05, 4.69) is 41.3 Å². The van der Waals surface area contributed by atoms with Crippen LogP contribution in [0.3, 0.4) is 0 Å². The Morgan fingerprint density at radius 1 is 1.07 bits per heavy atom. The summed E-state index contributed by atoms with van der Waals surface area (Å²) >= 11 is 0. The highest BCUT2D eigenvalue weighted by Gasteiger charge is 2.11. The van der Waals surface area contributed by atoms with Crippen LogP contribution in [0.1, 0.15) is 36.6 Å². The molecule has 0 radical (unpaired) electrons. The third kappa shape index (κ3) is 3.41. The van der Waals surface area contributed by atoms with E-state index in [9.17, 15) is 4.79 Å². The van der Waals surface area contributed by atoms with E-state index in [0.29, 0.717) is 5.92 Å². The zero-order valence-corrected chi connectivity index (χ0v) is 16.3. The maximum Gasteiger partial charge on any atom is 0.248 e. The molecule has 0 aliphatic carbocycles. The Morgan fingerprint density at radius 2 is 1.89 bits per heavy atom. The first kappa shape index (κ1) is 18.0. The number of fused-ring (bicyclic) bond motifs is 3. The first-order valence-electron chi connectivity index (χ1n) is 9.48. The number of carbonyl (C=O) groups excluding carboxylic acids is 1. The van der Waals surface area contributed by atoms with Gasteiger partial charge in [0.2, 0.25) is 5.91 Å². The lowest BCUT2D eigenvalue weighted by Crippen LogP contribution is -2.11. The Balaban J connectivity index is 1.59. The molecule has 4 nitrogen and oxygen atoms in total. The van der Waals surface area contributed by atoms with Gasteiger partial charge in [0.25, 0.3) is 0 Å². The molecule has 2 heterocycles. The van der Waals surface area contributed by atoms with Crippen LogP contribution in [0.2, 0.25) is 0 Å². The van der Waals surface area contributed by atoms with Gasteiger partial charge in [-0.2, -0.15) is 0 Å². The number of aryl methyl sites for hydroxylation is 1. The number of rotatable bonds is 4. The molecule has 4 aromatic rings. The lowest BCUT2D eigenvalue weighted by molar-refractivity contribution is -0.111. The number of nitrogens with zero attached hydrogens (tertiary/aromatic N) is 1. The smallest absolute Gasteiger partial charge is 0.248 e. The van der Waals surface area contributed by atoms with Crippen molar-refractivity contribution in [2.45, 2.75) is 26.7 Å². The number of carbonyl (C=O) groups is 1. The molecule has 2 N–H and O–H groups in total. The standard InChI is InChI=1S/C24H23N3O/c1-15(2)18-9-6-7-16(3)24(18)27-23(28)12-11-17-13-20-19-8-4-5-10-21(19)26-22(20)14-25-17/h4-15,26H,1-3H3,(H,27,28)/b12-11+. The highest BCUT2D eigenvalue weighted by atomic mass is 16.1. The number of para-hydroxylation sites is 2. The number of hydrogen-bond donors (Lipinski definition) is 2. The van der Waals surface area contributed by atoms with Crippen LogP contribution in [0.25, 0.3) is 27.9 Å². The van der Waals surface area contributed by atoms with E-state index in [1.807, 2.05) is 49.5 Å². The summed E-state index contributed by atoms with van der Waals surface area (Å²) in [6.07, 6.45) is 5.11. The summed E-state index contributed by atoms with van der Waals surface area (Å²) in [5, 5.41) is 5.29. The van der Waals surface area contributed by atoms with Crippen molar-refractivity contribution < 1.29 is 4.79 Å². The summed E-state index contributed by atoms with van der Waals surface area (Å²) in [6, 6.07) is 16.3. The van der Waals surface area contributed by atoms with Crippen molar-refractivity contribution in [2.24, 2.45) is 0 Å². The number of amides is 1. The van der Waals surface area contributed by atoms with Gasteiger partial charge in [-0.1, -0.05) is 50.2 Å². The van der Waals surface area contributed by atoms with Gasteiger partial charge in [0, 0.05) is 28.1 Å². The van der Waals surface area contributed by atoms with Crippen molar-refractivity contribution in [2.75, 3.05) is 5.32 Å². The Hall–Kier alpha value is -3.40. The van der Waals surface area contributed by atoms with E-state index in [-0.39, 0.29) is 5.91 Å². The Bertz CT molecular complexity index is 1200. The van der Waals surface area contributed by atoms with Gasteiger partial charge >= 0.3 is 0 Å². The third-order valence-corrected chi connectivity index (χ3v) is 4.99. The maximum atomic E-state index is 12.5. The van der Waals surface area contributed by atoms with Crippen molar-refractivity contribution >= 4 is 39.5 Å². The van der Waals surface area contributed by atoms with Crippen molar-refractivity contribution in [3.05, 3.63) is 77.6 Å². The van der Waals surface area contributed by atoms with Crippen molar-refractivity contribution in [3.8, 4) is 0 Å². The number of H-pyrrole nitrogens is 1. The quantitative estimate of drug-likeness (QED) is 0.447. The monoisotopic (exact) mass is 369 g/mol. The lowest BCUT2D eigenvalue weighted by Gasteiger charge is -2.15. The van der Waals surface area contributed by atoms with Gasteiger partial charge in [-0.15, -0.1) is 0 Å². The van der Waals surface area contributed by atoms with Gasteiger partial charge in [0.15, 0.2) is 0 Å². The van der Waals surface area contributed by atoms with Crippen molar-refractivity contribution in [1.82, 2.24) is 9.97 Å². The zero-order valence-electron chi connectivity index (χ0n) is 16.3. The predicted molar refractivity (Wildman–Crippen MR) is 117 cm³/mol. The normalized spacial score (nSPS) is 11.7. The Kier molecular flexibility index (Phi) is 4.70. The topological polar surface area (TPSA) is 57.8 Å². The second kappa shape index (κ2) is 7.31. The fourth-order valence-corrected chi connectivity index (χ4v) is 3.53. The average Bonchev–Trinajstić information content (AvgIpc) is 3.05. The van der Waals surface area contributed by atoms with E-state index in [4.69, 9.17) is 0 Å². The van der Waals surface area contributed by atoms with Gasteiger partial charge in [-0.05, 0) is 42.2 Å². The summed E-state index contributed by atoms with van der Waals surface area (Å²) < 4.78 is 0. The minimum atomic E-state index is -0.156. The summed E-state index contributed by atoms with van der Waals surface area (Å²) in [5.74, 6) is 0.183. The molecule has 28 heavy (non-hydrogen) atoms. The molecule has 1 amide bonds. The summed E-state index contributed by atoms with van der Waals surface area (Å²) in [7, 11) is 0. The maximum absolute atomic E-state index is 12.5. The molecule has 0 unspecified atom stereocenters. The molecule has 2 aromatic heterocycles. The number of benzene rings is 2. The van der Waals surface area contributed by atoms with E-state index in [0.717, 1.165) is 44.3 Å². The zero-order chi connectivity index (χ0) is 19.7. The van der Waals surface area contributed by atoms with E-state index >= 15 is 0 Å². The second-order valence-electron chi connectivity index (χ2n) is 7.34. The second-order valence-corrected chi connectivity index (χ2v) is 7.34. The number of nitrogens with one attached hydrogen (secondary N) is 2. The van der Waals surface area contributed by atoms with Crippen LogP contribution in [0, 0.1) is 6.92 Å². The summed E-state index contributed by atoms with van der Waals surface area (Å²) in [5.41, 5.74) is 5.92. The number of pyridine rings is 1. The van der Waals surface area contributed by atoms with E-state index in [1.54, 1.807) is 12.2 Å². The molecule has 0 aliphatic rings. The molecule has 140 valence electrons. The minimum absolute atomic E-state index is 0.156. The van der Waals surface area contributed by atoms with Gasteiger partial charge in [0.1, 0.15) is 0 Å². The summed E-state index contributed by atoms with van der Waals surface area (Å²) in [4.78, 5) is 20.3. The SMILES string of the molecule is Cc1cccc(C(C)C)c1NC(=O)/C=C/c1cc2c(cn1)[nH]c1ccccc12. The molecule has 4 heteroatoms. The number of hydrogen-bond acceptors (Lipinski definition) is 2. The van der Waals surface area contributed by atoms with Gasteiger partial charge in [-0.3, -0.25) is 9.78 Å². The van der Waals surface area contributed by atoms with Crippen LogP contribution in [0.15, 0.2) is 60.8 Å². The fourth-order valence-electron chi connectivity index (χ4n) is 3.53. The third-order valence-electron chi connectivity index (χ3n) is 4.99. The molecule has 2 aromatic carbocycles. The number of aromatic amines is 1. The molecule has 0 fully saturated rings. The molecule has 0 atom stereocenters. The largest absolute Gasteiger partial charge is 0.353 e. The predicted octanol–water partition coefficient (Wildman–Crippen LogP) is 5.80. The summed E-state index contributed by atoms with van der Waals surface area (Å²) in [6.45, 7) is 6.26. The molecule has 0 aliphatic heterocycles. The van der Waals surface area contributed by atoms with Crippen LogP contribution in [0.4, 0.5) is 5.69 Å². The molecular weight excluding hydrogens is 346 g/mol. The number of anilines is 1. The van der Waals surface area contributed by atoms with Crippen molar-refractivity contribution in [3.63, 3.8) is 0 Å². The highest BCUT2D eigenvalue weighted by molar-refractivity contribution is 6.08. The van der Waals surface area contributed by atoms with Gasteiger partial charge < -0.3 is 10.3 Å². The minimum Gasteiger partial charge on any atom is -0.353 e. The van der Waals surface area contributed by atoms with E-state index < -0.39 is 0 Å². The average molecular weight is 369 g/mol. The van der Waals surface area contributed by atoms with Crippen LogP contribution in [-0.4, -0.2) is 15.9 Å². The van der Waals surface area contributed by atoms with Crippen LogP contribution < -0.4 is 5.32 Å². The van der Waals surface area contributed by atoms with Gasteiger partial charge in [-0.25, -0.2) is 0 Å². The fraction of sp³-hybridized carbons (Fsp3) is 0.167. The molecule has 4 rings (SSSR count). The molecular formula is C24H23N3O. The van der Waals surface area contributed by atoms with E-state index in [1.165, 1.54) is 0 Å². The van der Waals surface area contributed by atoms with Crippen molar-refractivity contribution in [1.29, 1.82) is 0 Å². The Morgan fingerprint density at radius 3 is 2.71 bits per heavy atom. The molecule has 0 bridgehead atoms. The first-order chi connectivity index (χ1) is 13.5. The molecule has 0 saturated carbocycles. The van der Waals surface area contributed by atoms with Crippen LogP contribution in [0.5, 0.6) is 0 Å². The highest BCUT2D eigenvalue weighted by Crippen LogP contribution is 2.28. The Labute approximate surface area is 164 Å². The van der Waals surface area contributed by atoms with Gasteiger partial charge in [0.05, 0.1) is 17.4 Å². The number of aromatic nitrogens is 2. The lowest BCUT2D eigenvalue weighted by atomic mass is 9.98. The van der Waals surface area contributed by atoms with Crippen LogP contribution in [-0.2, 0) is 4.79 Å². The molecule has 0 saturated heterocycles. The molecule has 0 spiro atoms. The van der Waals surface area contributed by atoms with Crippen LogP contribution >= 0.6 is 0 Å². The first-order valence-corrected chi connectivity index (χ1v) is 9.48.